The van der Waals surface area contributed by atoms with Crippen molar-refractivity contribution in [2.45, 2.75) is 6.92 Å². The summed E-state index contributed by atoms with van der Waals surface area (Å²) < 4.78 is 0. The molecule has 0 saturated heterocycles. The minimum Gasteiger partial charge on any atom is -0.326 e. The van der Waals surface area contributed by atoms with Gasteiger partial charge in [-0.2, -0.15) is 0 Å². The van der Waals surface area contributed by atoms with E-state index < -0.39 is 0 Å². The van der Waals surface area contributed by atoms with E-state index >= 15 is 0 Å². The summed E-state index contributed by atoms with van der Waals surface area (Å²) in [5.74, 6) is 0. The molecule has 0 saturated carbocycles. The molecule has 0 atom stereocenters. The van der Waals surface area contributed by atoms with Crippen LogP contribution in [0.1, 0.15) is 5.56 Å². The summed E-state index contributed by atoms with van der Waals surface area (Å²) in [6.45, 7) is 1.99. The SMILES string of the molecule is Cc1cccc(-c2ncc[nH]c2=O)c1. The molecule has 3 heteroatoms. The van der Waals surface area contributed by atoms with Crippen molar-refractivity contribution in [1.82, 2.24) is 9.97 Å². The Balaban J connectivity index is 2.61. The van der Waals surface area contributed by atoms with E-state index in [0.29, 0.717) is 5.69 Å². The highest BCUT2D eigenvalue weighted by Gasteiger charge is 2.02. The van der Waals surface area contributed by atoms with Gasteiger partial charge in [0.15, 0.2) is 0 Å². The van der Waals surface area contributed by atoms with Gasteiger partial charge in [0, 0.05) is 18.0 Å². The largest absolute Gasteiger partial charge is 0.326 e. The maximum Gasteiger partial charge on any atom is 0.274 e. The summed E-state index contributed by atoms with van der Waals surface area (Å²) in [7, 11) is 0. The summed E-state index contributed by atoms with van der Waals surface area (Å²) in [4.78, 5) is 18.1. The first-order chi connectivity index (χ1) is 6.77. The van der Waals surface area contributed by atoms with Crippen molar-refractivity contribution in [2.75, 3.05) is 0 Å². The number of hydrogen-bond donors (Lipinski definition) is 1. The van der Waals surface area contributed by atoms with Gasteiger partial charge in [-0.05, 0) is 13.0 Å². The lowest BCUT2D eigenvalue weighted by molar-refractivity contribution is 1.14. The van der Waals surface area contributed by atoms with Crippen molar-refractivity contribution in [3.63, 3.8) is 0 Å². The highest BCUT2D eigenvalue weighted by atomic mass is 16.1. The van der Waals surface area contributed by atoms with Crippen LogP contribution in [0.2, 0.25) is 0 Å². The maximum absolute atomic E-state index is 11.4. The van der Waals surface area contributed by atoms with E-state index in [0.717, 1.165) is 11.1 Å². The zero-order chi connectivity index (χ0) is 9.97. The van der Waals surface area contributed by atoms with Crippen LogP contribution in [0.15, 0.2) is 41.5 Å². The molecular formula is C11H10N2O. The normalized spacial score (nSPS) is 10.1. The van der Waals surface area contributed by atoms with Crippen molar-refractivity contribution in [1.29, 1.82) is 0 Å². The molecule has 14 heavy (non-hydrogen) atoms. The standard InChI is InChI=1S/C11H10N2O/c1-8-3-2-4-9(7-8)10-11(14)13-6-5-12-10/h2-7H,1H3,(H,13,14). The number of aryl methyl sites for hydroxylation is 1. The molecule has 0 spiro atoms. The Bertz CT molecular complexity index is 502. The lowest BCUT2D eigenvalue weighted by atomic mass is 10.1. The van der Waals surface area contributed by atoms with E-state index in [-0.39, 0.29) is 5.56 Å². The fourth-order valence-electron chi connectivity index (χ4n) is 1.35. The van der Waals surface area contributed by atoms with Gasteiger partial charge in [0.25, 0.3) is 5.56 Å². The third-order valence-corrected chi connectivity index (χ3v) is 2.00. The first-order valence-corrected chi connectivity index (χ1v) is 4.38. The van der Waals surface area contributed by atoms with Crippen molar-refractivity contribution in [3.8, 4) is 11.3 Å². The number of nitrogens with one attached hydrogen (secondary N) is 1. The van der Waals surface area contributed by atoms with E-state index in [2.05, 4.69) is 9.97 Å². The highest BCUT2D eigenvalue weighted by Crippen LogP contribution is 2.13. The molecule has 0 radical (unpaired) electrons. The van der Waals surface area contributed by atoms with Crippen LogP contribution in [0.4, 0.5) is 0 Å². The Morgan fingerprint density at radius 2 is 2.21 bits per heavy atom. The average molecular weight is 186 g/mol. The summed E-state index contributed by atoms with van der Waals surface area (Å²) >= 11 is 0. The number of aromatic nitrogens is 2. The smallest absolute Gasteiger partial charge is 0.274 e. The Kier molecular flexibility index (Phi) is 2.14. The number of aromatic amines is 1. The third-order valence-electron chi connectivity index (χ3n) is 2.00. The van der Waals surface area contributed by atoms with Crippen molar-refractivity contribution in [2.24, 2.45) is 0 Å². The Morgan fingerprint density at radius 3 is 2.93 bits per heavy atom. The van der Waals surface area contributed by atoms with Gasteiger partial charge in [-0.3, -0.25) is 4.79 Å². The highest BCUT2D eigenvalue weighted by molar-refractivity contribution is 5.58. The topological polar surface area (TPSA) is 45.8 Å². The zero-order valence-corrected chi connectivity index (χ0v) is 7.82. The molecule has 2 aromatic rings. The molecule has 0 bridgehead atoms. The molecule has 1 aromatic heterocycles. The number of benzene rings is 1. The first kappa shape index (κ1) is 8.69. The maximum atomic E-state index is 11.4. The molecule has 2 rings (SSSR count). The van der Waals surface area contributed by atoms with Gasteiger partial charge in [0.05, 0.1) is 0 Å². The van der Waals surface area contributed by atoms with Gasteiger partial charge in [0.2, 0.25) is 0 Å². The summed E-state index contributed by atoms with van der Waals surface area (Å²) in [5, 5.41) is 0. The van der Waals surface area contributed by atoms with Crippen molar-refractivity contribution >= 4 is 0 Å². The van der Waals surface area contributed by atoms with Crippen molar-refractivity contribution in [3.05, 3.63) is 52.6 Å². The van der Waals surface area contributed by atoms with E-state index in [4.69, 9.17) is 0 Å². The van der Waals surface area contributed by atoms with Gasteiger partial charge < -0.3 is 4.98 Å². The molecule has 0 fully saturated rings. The predicted octanol–water partition coefficient (Wildman–Crippen LogP) is 1.75. The summed E-state index contributed by atoms with van der Waals surface area (Å²) in [6, 6.07) is 7.72. The fourth-order valence-corrected chi connectivity index (χ4v) is 1.35. The van der Waals surface area contributed by atoms with Crippen LogP contribution < -0.4 is 5.56 Å². The van der Waals surface area contributed by atoms with Crippen LogP contribution in [-0.4, -0.2) is 9.97 Å². The quantitative estimate of drug-likeness (QED) is 0.737. The molecule has 1 aromatic carbocycles. The minimum absolute atomic E-state index is 0.155. The van der Waals surface area contributed by atoms with Crippen LogP contribution in [0.3, 0.4) is 0 Å². The number of nitrogens with zero attached hydrogens (tertiary/aromatic N) is 1. The van der Waals surface area contributed by atoms with Crippen LogP contribution in [0.5, 0.6) is 0 Å². The van der Waals surface area contributed by atoms with Gasteiger partial charge in [-0.15, -0.1) is 0 Å². The Hall–Kier alpha value is -1.90. The second kappa shape index (κ2) is 3.46. The monoisotopic (exact) mass is 186 g/mol. The summed E-state index contributed by atoms with van der Waals surface area (Å²) in [6.07, 6.45) is 3.11. The predicted molar refractivity (Wildman–Crippen MR) is 55.0 cm³/mol. The number of H-pyrrole nitrogens is 1. The molecule has 0 aliphatic carbocycles. The van der Waals surface area contributed by atoms with Crippen LogP contribution >= 0.6 is 0 Å². The minimum atomic E-state index is -0.155. The number of rotatable bonds is 1. The lowest BCUT2D eigenvalue weighted by Gasteiger charge is -1.99. The molecule has 1 heterocycles. The Morgan fingerprint density at radius 1 is 1.36 bits per heavy atom. The zero-order valence-electron chi connectivity index (χ0n) is 7.82. The van der Waals surface area contributed by atoms with E-state index in [1.165, 1.54) is 6.20 Å². The second-order valence-corrected chi connectivity index (χ2v) is 3.14. The van der Waals surface area contributed by atoms with Crippen LogP contribution in [-0.2, 0) is 0 Å². The molecule has 70 valence electrons. The second-order valence-electron chi connectivity index (χ2n) is 3.14. The molecule has 0 amide bonds. The average Bonchev–Trinajstić information content (AvgIpc) is 2.18. The van der Waals surface area contributed by atoms with Gasteiger partial charge in [-0.25, -0.2) is 4.98 Å². The van der Waals surface area contributed by atoms with E-state index in [1.54, 1.807) is 6.20 Å². The Labute approximate surface area is 81.5 Å². The molecule has 0 aliphatic heterocycles. The third kappa shape index (κ3) is 1.57. The molecule has 1 N–H and O–H groups in total. The lowest BCUT2D eigenvalue weighted by Crippen LogP contribution is -2.09. The molecular weight excluding hydrogens is 176 g/mol. The van der Waals surface area contributed by atoms with E-state index in [9.17, 15) is 4.79 Å². The summed E-state index contributed by atoms with van der Waals surface area (Å²) in [5.41, 5.74) is 2.29. The van der Waals surface area contributed by atoms with E-state index in [1.807, 2.05) is 31.2 Å². The molecule has 0 aliphatic rings. The van der Waals surface area contributed by atoms with Gasteiger partial charge in [0.1, 0.15) is 5.69 Å². The molecule has 3 nitrogen and oxygen atoms in total. The van der Waals surface area contributed by atoms with Crippen molar-refractivity contribution < 1.29 is 0 Å². The fraction of sp³-hybridized carbons (Fsp3) is 0.0909. The first-order valence-electron chi connectivity index (χ1n) is 4.38. The van der Waals surface area contributed by atoms with Gasteiger partial charge in [-0.1, -0.05) is 23.8 Å². The number of hydrogen-bond acceptors (Lipinski definition) is 2. The van der Waals surface area contributed by atoms with Crippen LogP contribution in [0, 0.1) is 6.92 Å². The van der Waals surface area contributed by atoms with Crippen LogP contribution in [0.25, 0.3) is 11.3 Å². The molecule has 0 unspecified atom stereocenters. The van der Waals surface area contributed by atoms with Gasteiger partial charge >= 0.3 is 0 Å².